The minimum absolute atomic E-state index is 0.0443. The van der Waals surface area contributed by atoms with Crippen LogP contribution in [0.2, 0.25) is 0 Å². The zero-order valence-corrected chi connectivity index (χ0v) is 19.3. The van der Waals surface area contributed by atoms with E-state index in [-0.39, 0.29) is 29.6 Å². The van der Waals surface area contributed by atoms with E-state index in [0.717, 1.165) is 54.3 Å². The number of aromatic nitrogens is 2. The first-order valence-corrected chi connectivity index (χ1v) is 11.3. The smallest absolute Gasteiger partial charge is 0.225 e. The number of nitrogens with one attached hydrogen (secondary N) is 1. The van der Waals surface area contributed by atoms with Gasteiger partial charge < -0.3 is 15.0 Å². The van der Waals surface area contributed by atoms with Gasteiger partial charge in [0.05, 0.1) is 30.4 Å². The summed E-state index contributed by atoms with van der Waals surface area (Å²) >= 11 is 0. The molecule has 1 aromatic heterocycles. The molecule has 3 atom stereocenters. The van der Waals surface area contributed by atoms with E-state index < -0.39 is 0 Å². The fourth-order valence-electron chi connectivity index (χ4n) is 4.89. The fraction of sp³-hybridized carbons (Fsp3) is 0.560. The van der Waals surface area contributed by atoms with Gasteiger partial charge in [0.25, 0.3) is 0 Å². The molecule has 0 radical (unpaired) electrons. The summed E-state index contributed by atoms with van der Waals surface area (Å²) in [5, 5.41) is 3.27. The highest BCUT2D eigenvalue weighted by Gasteiger charge is 2.35. The van der Waals surface area contributed by atoms with Gasteiger partial charge in [-0.15, -0.1) is 0 Å². The Balaban J connectivity index is 1.54. The lowest BCUT2D eigenvalue weighted by atomic mass is 9.74. The van der Waals surface area contributed by atoms with Crippen LogP contribution < -0.4 is 10.2 Å². The van der Waals surface area contributed by atoms with Crippen molar-refractivity contribution in [2.24, 2.45) is 5.41 Å². The van der Waals surface area contributed by atoms with Crippen LogP contribution in [-0.4, -0.2) is 41.2 Å². The highest BCUT2D eigenvalue weighted by atomic mass is 16.5. The molecule has 6 nitrogen and oxygen atoms in total. The molecule has 1 N–H and O–H groups in total. The van der Waals surface area contributed by atoms with Crippen LogP contribution in [0.25, 0.3) is 0 Å². The number of aryl methyl sites for hydroxylation is 1. The summed E-state index contributed by atoms with van der Waals surface area (Å²) in [6.07, 6.45) is 4.41. The molecule has 6 heteroatoms. The van der Waals surface area contributed by atoms with Crippen LogP contribution in [0.4, 0.5) is 5.95 Å². The van der Waals surface area contributed by atoms with Gasteiger partial charge in [-0.25, -0.2) is 9.97 Å². The molecule has 0 spiro atoms. The van der Waals surface area contributed by atoms with Crippen LogP contribution in [0.5, 0.6) is 0 Å². The molecule has 1 aliphatic carbocycles. The van der Waals surface area contributed by atoms with Crippen LogP contribution in [0.1, 0.15) is 62.5 Å². The molecule has 166 valence electrons. The maximum Gasteiger partial charge on any atom is 0.225 e. The highest BCUT2D eigenvalue weighted by molar-refractivity contribution is 5.79. The van der Waals surface area contributed by atoms with Gasteiger partial charge in [0.15, 0.2) is 0 Å². The lowest BCUT2D eigenvalue weighted by Crippen LogP contribution is -2.46. The lowest BCUT2D eigenvalue weighted by molar-refractivity contribution is -0.121. The molecule has 3 unspecified atom stereocenters. The van der Waals surface area contributed by atoms with Crippen molar-refractivity contribution < 1.29 is 9.53 Å². The summed E-state index contributed by atoms with van der Waals surface area (Å²) in [7, 11) is 0. The second-order valence-corrected chi connectivity index (χ2v) is 10.0. The van der Waals surface area contributed by atoms with Crippen molar-refractivity contribution in [1.82, 2.24) is 15.3 Å². The Hall–Kier alpha value is -2.47. The van der Waals surface area contributed by atoms with E-state index in [9.17, 15) is 4.79 Å². The van der Waals surface area contributed by atoms with Crippen molar-refractivity contribution >= 4 is 11.9 Å². The van der Waals surface area contributed by atoms with Gasteiger partial charge in [0, 0.05) is 24.8 Å². The van der Waals surface area contributed by atoms with E-state index in [1.165, 1.54) is 0 Å². The van der Waals surface area contributed by atoms with Gasteiger partial charge in [-0.1, -0.05) is 38.1 Å². The third-order valence-corrected chi connectivity index (χ3v) is 6.32. The molecule has 1 aromatic carbocycles. The molecule has 2 aromatic rings. The Kier molecular flexibility index (Phi) is 6.02. The van der Waals surface area contributed by atoms with Crippen molar-refractivity contribution in [3.05, 3.63) is 52.8 Å². The first-order chi connectivity index (χ1) is 14.7. The maximum absolute atomic E-state index is 12.9. The first-order valence-electron chi connectivity index (χ1n) is 11.3. The zero-order valence-electron chi connectivity index (χ0n) is 19.3. The van der Waals surface area contributed by atoms with E-state index in [1.807, 2.05) is 37.4 Å². The van der Waals surface area contributed by atoms with Crippen molar-refractivity contribution in [2.45, 2.75) is 72.1 Å². The SMILES string of the molecule is Cc1ccccc1CC(=O)NC1CC(C)(C)Cc2nc(N3CC(C)OC(C)C3)ncc21. The molecule has 1 saturated heterocycles. The lowest BCUT2D eigenvalue weighted by Gasteiger charge is -2.38. The van der Waals surface area contributed by atoms with Gasteiger partial charge >= 0.3 is 0 Å². The van der Waals surface area contributed by atoms with Crippen LogP contribution in [0.15, 0.2) is 30.5 Å². The second-order valence-electron chi connectivity index (χ2n) is 10.0. The van der Waals surface area contributed by atoms with E-state index >= 15 is 0 Å². The summed E-state index contributed by atoms with van der Waals surface area (Å²) in [6, 6.07) is 7.99. The van der Waals surface area contributed by atoms with Crippen LogP contribution in [0.3, 0.4) is 0 Å². The average molecular weight is 423 g/mol. The van der Waals surface area contributed by atoms with Gasteiger partial charge in [-0.3, -0.25) is 4.79 Å². The largest absolute Gasteiger partial charge is 0.372 e. The monoisotopic (exact) mass is 422 g/mol. The van der Waals surface area contributed by atoms with Crippen molar-refractivity contribution in [3.63, 3.8) is 0 Å². The van der Waals surface area contributed by atoms with Crippen molar-refractivity contribution in [3.8, 4) is 0 Å². The molecule has 0 saturated carbocycles. The summed E-state index contributed by atoms with van der Waals surface area (Å²) in [5.74, 6) is 0.811. The van der Waals surface area contributed by atoms with Crippen LogP contribution >= 0.6 is 0 Å². The van der Waals surface area contributed by atoms with Crippen LogP contribution in [0, 0.1) is 12.3 Å². The third-order valence-electron chi connectivity index (χ3n) is 6.32. The minimum Gasteiger partial charge on any atom is -0.372 e. The van der Waals surface area contributed by atoms with E-state index in [2.05, 4.69) is 37.9 Å². The Labute approximate surface area is 185 Å². The Morgan fingerprint density at radius 3 is 2.65 bits per heavy atom. The van der Waals surface area contributed by atoms with Crippen molar-refractivity contribution in [1.29, 1.82) is 0 Å². The number of carbonyl (C=O) groups excluding carboxylic acids is 1. The normalized spacial score (nSPS) is 25.1. The number of morpholine rings is 1. The van der Waals surface area contributed by atoms with E-state index in [1.54, 1.807) is 0 Å². The molecule has 2 aliphatic rings. The number of ether oxygens (including phenoxy) is 1. The minimum atomic E-state index is -0.0631. The molecule has 1 aliphatic heterocycles. The quantitative estimate of drug-likeness (QED) is 0.812. The number of rotatable bonds is 4. The fourth-order valence-corrected chi connectivity index (χ4v) is 4.89. The van der Waals surface area contributed by atoms with Crippen LogP contribution in [-0.2, 0) is 22.4 Å². The molecule has 0 bridgehead atoms. The molecule has 1 fully saturated rings. The predicted octanol–water partition coefficient (Wildman–Crippen LogP) is 3.77. The standard InChI is InChI=1S/C25H34N4O2/c1-16-8-6-7-9-19(16)10-23(30)27-21-11-25(4,5)12-22-20(21)13-26-24(28-22)29-14-17(2)31-18(3)15-29/h6-9,13,17-18,21H,10-12,14-15H2,1-5H3,(H,27,30). The van der Waals surface area contributed by atoms with E-state index in [0.29, 0.717) is 6.42 Å². The van der Waals surface area contributed by atoms with Gasteiger partial charge in [0.2, 0.25) is 11.9 Å². The summed E-state index contributed by atoms with van der Waals surface area (Å²) in [5.41, 5.74) is 4.37. The maximum atomic E-state index is 12.9. The number of amides is 1. The Morgan fingerprint density at radius 2 is 1.94 bits per heavy atom. The van der Waals surface area contributed by atoms with Gasteiger partial charge in [-0.2, -0.15) is 0 Å². The highest BCUT2D eigenvalue weighted by Crippen LogP contribution is 2.40. The second kappa shape index (κ2) is 8.58. The van der Waals surface area contributed by atoms with Gasteiger partial charge in [-0.05, 0) is 50.2 Å². The number of hydrogen-bond donors (Lipinski definition) is 1. The Bertz CT molecular complexity index is 948. The molecule has 4 rings (SSSR count). The average Bonchev–Trinajstić information content (AvgIpc) is 2.67. The summed E-state index contributed by atoms with van der Waals surface area (Å²) in [4.78, 5) is 24.7. The number of benzene rings is 1. The number of nitrogens with zero attached hydrogens (tertiary/aromatic N) is 3. The van der Waals surface area contributed by atoms with Gasteiger partial charge in [0.1, 0.15) is 0 Å². The number of fused-ring (bicyclic) bond motifs is 1. The number of anilines is 1. The number of carbonyl (C=O) groups is 1. The molecule has 1 amide bonds. The zero-order chi connectivity index (χ0) is 22.2. The summed E-state index contributed by atoms with van der Waals surface area (Å²) < 4.78 is 5.86. The van der Waals surface area contributed by atoms with Crippen molar-refractivity contribution in [2.75, 3.05) is 18.0 Å². The number of hydrogen-bond acceptors (Lipinski definition) is 5. The molecule has 2 heterocycles. The van der Waals surface area contributed by atoms with E-state index in [4.69, 9.17) is 14.7 Å². The molecular weight excluding hydrogens is 388 g/mol. The Morgan fingerprint density at radius 1 is 1.23 bits per heavy atom. The first kappa shape index (κ1) is 21.8. The molecular formula is C25H34N4O2. The third kappa shape index (κ3) is 5.06. The topological polar surface area (TPSA) is 67.4 Å². The predicted molar refractivity (Wildman–Crippen MR) is 122 cm³/mol. The summed E-state index contributed by atoms with van der Waals surface area (Å²) in [6.45, 7) is 12.3. The molecule has 31 heavy (non-hydrogen) atoms.